The van der Waals surface area contributed by atoms with Crippen LogP contribution >= 0.6 is 46.4 Å². The highest BCUT2D eigenvalue weighted by Gasteiger charge is 2.48. The molecular formula is C17H12Cl4N2S. The van der Waals surface area contributed by atoms with Crippen molar-refractivity contribution in [2.24, 2.45) is 0 Å². The smallest absolute Gasteiger partial charge is 0.123 e. The van der Waals surface area contributed by atoms with Crippen molar-refractivity contribution in [2.45, 2.75) is 15.0 Å². The van der Waals surface area contributed by atoms with Gasteiger partial charge in [0.05, 0.1) is 15.3 Å². The summed E-state index contributed by atoms with van der Waals surface area (Å²) < 4.78 is 8.79. The summed E-state index contributed by atoms with van der Waals surface area (Å²) in [4.78, 5) is 3.67. The monoisotopic (exact) mass is 416 g/mol. The number of nitrogens with one attached hydrogen (secondary N) is 1. The molecule has 1 heterocycles. The maximum Gasteiger partial charge on any atom is 0.123 e. The molecule has 0 radical (unpaired) electrons. The van der Waals surface area contributed by atoms with E-state index in [4.69, 9.17) is 51.2 Å². The Bertz CT molecular complexity index is 836. The van der Waals surface area contributed by atoms with Crippen molar-refractivity contribution in [2.75, 3.05) is 0 Å². The van der Waals surface area contributed by atoms with E-state index in [0.717, 1.165) is 10.5 Å². The van der Waals surface area contributed by atoms with Crippen LogP contribution in [0.3, 0.4) is 0 Å². The van der Waals surface area contributed by atoms with Crippen LogP contribution in [0.4, 0.5) is 0 Å². The molecule has 1 N–H and O–H groups in total. The molecule has 0 fully saturated rings. The molecule has 7 heteroatoms. The molecule has 1 aliphatic carbocycles. The quantitative estimate of drug-likeness (QED) is 0.597. The summed E-state index contributed by atoms with van der Waals surface area (Å²) in [6.07, 6.45) is 4.83. The summed E-state index contributed by atoms with van der Waals surface area (Å²) in [5.41, 5.74) is 0.730. The fourth-order valence-electron chi connectivity index (χ4n) is 2.56. The summed E-state index contributed by atoms with van der Waals surface area (Å²) in [6.45, 7) is 0. The van der Waals surface area contributed by atoms with Gasteiger partial charge in [-0.2, -0.15) is 0 Å². The van der Waals surface area contributed by atoms with E-state index in [9.17, 15) is 0 Å². The Labute approximate surface area is 163 Å². The van der Waals surface area contributed by atoms with E-state index >= 15 is 0 Å². The lowest BCUT2D eigenvalue weighted by molar-refractivity contribution is 0.746. The molecule has 24 heavy (non-hydrogen) atoms. The molecule has 0 saturated heterocycles. The molecule has 2 aromatic rings. The summed E-state index contributed by atoms with van der Waals surface area (Å²) in [7, 11) is -1.06. The van der Waals surface area contributed by atoms with Crippen LogP contribution in [0.5, 0.6) is 0 Å². The lowest BCUT2D eigenvalue weighted by Gasteiger charge is -2.39. The first-order valence-corrected chi connectivity index (χ1v) is 9.78. The number of benzene rings is 1. The van der Waals surface area contributed by atoms with Crippen molar-refractivity contribution in [3.8, 4) is 0 Å². The normalized spacial score (nSPS) is 25.3. The van der Waals surface area contributed by atoms with Gasteiger partial charge in [-0.25, -0.2) is 0 Å². The number of halogens is 4. The van der Waals surface area contributed by atoms with Gasteiger partial charge in [0.1, 0.15) is 4.87 Å². The third kappa shape index (κ3) is 3.04. The first kappa shape index (κ1) is 18.0. The van der Waals surface area contributed by atoms with Gasteiger partial charge in [-0.3, -0.25) is 9.76 Å². The van der Waals surface area contributed by atoms with E-state index in [2.05, 4.69) is 4.98 Å². The molecular weight excluding hydrogens is 406 g/mol. The van der Waals surface area contributed by atoms with Crippen LogP contribution in [-0.4, -0.2) is 10.2 Å². The van der Waals surface area contributed by atoms with Gasteiger partial charge in [-0.15, -0.1) is 11.6 Å². The first-order valence-electron chi connectivity index (χ1n) is 6.98. The number of nitrogens with zero attached hydrogens (tertiary/aromatic N) is 1. The van der Waals surface area contributed by atoms with Gasteiger partial charge in [0.2, 0.25) is 0 Å². The van der Waals surface area contributed by atoms with E-state index in [-0.39, 0.29) is 0 Å². The van der Waals surface area contributed by atoms with Gasteiger partial charge in [0.25, 0.3) is 0 Å². The Morgan fingerprint density at radius 3 is 2.25 bits per heavy atom. The van der Waals surface area contributed by atoms with Crippen LogP contribution < -0.4 is 0 Å². The van der Waals surface area contributed by atoms with Crippen LogP contribution in [-0.2, 0) is 15.6 Å². The Kier molecular flexibility index (Phi) is 5.38. The number of allylic oxidation sites excluding steroid dienone is 3. The lowest BCUT2D eigenvalue weighted by atomic mass is 9.91. The Balaban J connectivity index is 2.19. The Morgan fingerprint density at radius 2 is 1.62 bits per heavy atom. The first-order chi connectivity index (χ1) is 11.5. The maximum absolute atomic E-state index is 8.79. The van der Waals surface area contributed by atoms with Crippen LogP contribution in [0.1, 0.15) is 5.56 Å². The fraction of sp³-hybridized carbons (Fsp3) is 0.118. The van der Waals surface area contributed by atoms with Gasteiger partial charge >= 0.3 is 0 Å². The van der Waals surface area contributed by atoms with Crippen molar-refractivity contribution in [1.82, 2.24) is 4.98 Å². The molecule has 2 nitrogen and oxygen atoms in total. The molecule has 0 spiro atoms. The van der Waals surface area contributed by atoms with E-state index < -0.39 is 20.8 Å². The minimum atomic E-state index is -1.17. The van der Waals surface area contributed by atoms with Crippen LogP contribution in [0.25, 0.3) is 0 Å². The fourth-order valence-corrected chi connectivity index (χ4v) is 6.04. The van der Waals surface area contributed by atoms with Crippen molar-refractivity contribution in [1.29, 1.82) is 4.78 Å². The number of alkyl halides is 1. The highest BCUT2D eigenvalue weighted by Crippen LogP contribution is 2.52. The molecule has 124 valence electrons. The second kappa shape index (κ2) is 7.19. The number of pyridine rings is 1. The molecule has 3 rings (SSSR count). The number of hydrogen-bond donors (Lipinski definition) is 1. The maximum atomic E-state index is 8.79. The van der Waals surface area contributed by atoms with E-state index in [1.807, 2.05) is 30.3 Å². The molecule has 0 saturated carbocycles. The number of hydrogen-bond acceptors (Lipinski definition) is 2. The zero-order chi connectivity index (χ0) is 17.3. The largest absolute Gasteiger partial charge is 0.275 e. The van der Waals surface area contributed by atoms with Gasteiger partial charge in [0, 0.05) is 22.3 Å². The third-order valence-electron chi connectivity index (χ3n) is 3.75. The SMILES string of the molecule is N=S(c1ccccc1)C1C(Cl)=C(Cl)C=C(Cl)C1(Cl)c1ccncc1. The Morgan fingerprint density at radius 1 is 1.00 bits per heavy atom. The standard InChI is InChI=1S/C17H12Cl4N2S/c18-13-10-14(19)17(21,11-6-8-23-9-7-11)16(15(13)20)24(22)12-4-2-1-3-5-12/h1-10,16,22H. The van der Waals surface area contributed by atoms with Gasteiger partial charge in [-0.05, 0) is 35.9 Å². The molecule has 0 bridgehead atoms. The highest BCUT2D eigenvalue weighted by atomic mass is 35.5. The molecule has 3 unspecified atom stereocenters. The van der Waals surface area contributed by atoms with Crippen LogP contribution in [0.15, 0.2) is 80.9 Å². The zero-order valence-electron chi connectivity index (χ0n) is 12.2. The van der Waals surface area contributed by atoms with Crippen LogP contribution in [0.2, 0.25) is 0 Å². The average Bonchev–Trinajstić information content (AvgIpc) is 2.61. The summed E-state index contributed by atoms with van der Waals surface area (Å²) >= 11 is 26.2. The van der Waals surface area contributed by atoms with E-state index in [1.165, 1.54) is 0 Å². The predicted octanol–water partition coefficient (Wildman–Crippen LogP) is 6.15. The van der Waals surface area contributed by atoms with Crippen molar-refractivity contribution >= 4 is 57.1 Å². The number of aromatic nitrogens is 1. The van der Waals surface area contributed by atoms with Gasteiger partial charge < -0.3 is 0 Å². The minimum Gasteiger partial charge on any atom is -0.275 e. The zero-order valence-corrected chi connectivity index (χ0v) is 16.1. The second-order valence-corrected chi connectivity index (χ2v) is 8.60. The van der Waals surface area contributed by atoms with Crippen molar-refractivity contribution in [3.63, 3.8) is 0 Å². The topological polar surface area (TPSA) is 36.7 Å². The van der Waals surface area contributed by atoms with Crippen molar-refractivity contribution < 1.29 is 0 Å². The van der Waals surface area contributed by atoms with E-state index in [1.54, 1.807) is 30.6 Å². The average molecular weight is 418 g/mol. The highest BCUT2D eigenvalue weighted by molar-refractivity contribution is 7.87. The third-order valence-corrected chi connectivity index (χ3v) is 7.83. The molecule has 0 amide bonds. The second-order valence-electron chi connectivity index (χ2n) is 5.17. The lowest BCUT2D eigenvalue weighted by Crippen LogP contribution is -2.40. The summed E-state index contributed by atoms with van der Waals surface area (Å²) in [6, 6.07) is 13.0. The number of rotatable bonds is 3. The van der Waals surface area contributed by atoms with Gasteiger partial charge in [0.15, 0.2) is 0 Å². The van der Waals surface area contributed by atoms with Crippen LogP contribution in [0, 0.1) is 4.78 Å². The molecule has 0 aliphatic heterocycles. The summed E-state index contributed by atoms with van der Waals surface area (Å²) in [5.74, 6) is 0. The van der Waals surface area contributed by atoms with Crippen molar-refractivity contribution in [3.05, 3.63) is 81.6 Å². The Hall–Kier alpha value is -0.840. The molecule has 1 aliphatic rings. The molecule has 1 aromatic heterocycles. The van der Waals surface area contributed by atoms with Gasteiger partial charge in [-0.1, -0.05) is 63.7 Å². The minimum absolute atomic E-state index is 0.317. The van der Waals surface area contributed by atoms with E-state index in [0.29, 0.717) is 15.1 Å². The summed E-state index contributed by atoms with van der Waals surface area (Å²) in [5, 5.41) is 0.402. The molecule has 1 aromatic carbocycles. The predicted molar refractivity (Wildman–Crippen MR) is 103 cm³/mol. The molecule has 3 atom stereocenters.